The molecule has 0 saturated carbocycles. The van der Waals surface area contributed by atoms with Crippen molar-refractivity contribution in [3.8, 4) is 17.3 Å². The first kappa shape index (κ1) is 34.3. The largest absolute Gasteiger partial charge is 0.460 e. The van der Waals surface area contributed by atoms with E-state index in [4.69, 9.17) is 14.1 Å². The summed E-state index contributed by atoms with van der Waals surface area (Å²) < 4.78 is 16.3. The van der Waals surface area contributed by atoms with Crippen molar-refractivity contribution in [2.75, 3.05) is 0 Å². The van der Waals surface area contributed by atoms with Crippen molar-refractivity contribution in [2.24, 2.45) is 0 Å². The SMILES string of the molecule is C/C=C\C=C/CC1=CCC2C(=C1)Oc1nc(-c3ccccc3)n(/C(C)=c3\sc(/C=C\C/C(C)=C/c4c(C)oc5c(C)cccc45)c(C)\c3=C\C)c12. The second kappa shape index (κ2) is 14.6. The Morgan fingerprint density at radius 3 is 2.61 bits per heavy atom. The number of furan rings is 1. The molecule has 0 fully saturated rings. The molecule has 4 nitrogen and oxygen atoms in total. The van der Waals surface area contributed by atoms with E-state index in [2.05, 4.69) is 149 Å². The lowest BCUT2D eigenvalue weighted by Crippen LogP contribution is -2.25. The molecule has 5 aromatic rings. The lowest BCUT2D eigenvalue weighted by molar-refractivity contribution is 0.410. The van der Waals surface area contributed by atoms with Crippen molar-refractivity contribution >= 4 is 46.2 Å². The van der Waals surface area contributed by atoms with Gasteiger partial charge in [0.05, 0.1) is 16.1 Å². The Labute approximate surface area is 305 Å². The van der Waals surface area contributed by atoms with E-state index in [1.807, 2.05) is 24.3 Å². The molecule has 258 valence electrons. The first-order valence-electron chi connectivity index (χ1n) is 17.9. The number of ether oxygens (including phenoxy) is 1. The highest BCUT2D eigenvalue weighted by molar-refractivity contribution is 7.11. The number of aryl methyl sites for hydroxylation is 2. The predicted octanol–water partition coefficient (Wildman–Crippen LogP) is 11.5. The van der Waals surface area contributed by atoms with Crippen molar-refractivity contribution in [3.05, 3.63) is 151 Å². The maximum atomic E-state index is 6.54. The second-order valence-electron chi connectivity index (χ2n) is 13.5. The minimum atomic E-state index is 0.132. The number of hydrogen-bond acceptors (Lipinski definition) is 4. The van der Waals surface area contributed by atoms with Gasteiger partial charge in [-0.2, -0.15) is 4.98 Å². The zero-order chi connectivity index (χ0) is 35.6. The molecule has 1 unspecified atom stereocenters. The molecule has 1 aliphatic carbocycles. The number of hydrogen-bond donors (Lipinski definition) is 0. The Hall–Kier alpha value is -5.13. The molecule has 0 N–H and O–H groups in total. The highest BCUT2D eigenvalue weighted by atomic mass is 32.1. The third-order valence-electron chi connectivity index (χ3n) is 9.96. The van der Waals surface area contributed by atoms with Crippen LogP contribution >= 0.6 is 11.3 Å². The highest BCUT2D eigenvalue weighted by Gasteiger charge is 2.38. The maximum absolute atomic E-state index is 6.54. The van der Waals surface area contributed by atoms with Gasteiger partial charge in [0.2, 0.25) is 5.88 Å². The van der Waals surface area contributed by atoms with Crippen LogP contribution in [-0.4, -0.2) is 9.55 Å². The molecule has 7 rings (SSSR count). The molecule has 0 bridgehead atoms. The van der Waals surface area contributed by atoms with Crippen LogP contribution in [0.2, 0.25) is 0 Å². The van der Waals surface area contributed by atoms with Gasteiger partial charge in [-0.05, 0) is 102 Å². The van der Waals surface area contributed by atoms with Crippen LogP contribution < -0.4 is 14.5 Å². The predicted molar refractivity (Wildman–Crippen MR) is 216 cm³/mol. The first-order chi connectivity index (χ1) is 24.8. The van der Waals surface area contributed by atoms with Gasteiger partial charge in [0.15, 0.2) is 0 Å². The van der Waals surface area contributed by atoms with E-state index in [0.29, 0.717) is 0 Å². The Bertz CT molecular complexity index is 2440. The molecule has 0 saturated heterocycles. The number of imidazole rings is 1. The average Bonchev–Trinajstić information content (AvgIpc) is 3.86. The summed E-state index contributed by atoms with van der Waals surface area (Å²) in [6, 6.07) is 16.9. The highest BCUT2D eigenvalue weighted by Crippen LogP contribution is 2.48. The number of thiophene rings is 1. The monoisotopic (exact) mass is 690 g/mol. The molecule has 4 heterocycles. The van der Waals surface area contributed by atoms with Crippen molar-refractivity contribution in [3.63, 3.8) is 0 Å². The number of aromatic nitrogens is 2. The first-order valence-corrected chi connectivity index (χ1v) is 18.7. The third-order valence-corrected chi connectivity index (χ3v) is 11.3. The number of para-hydroxylation sites is 1. The number of rotatable bonds is 9. The summed E-state index contributed by atoms with van der Waals surface area (Å²) in [4.78, 5) is 6.43. The van der Waals surface area contributed by atoms with Crippen LogP contribution in [0.5, 0.6) is 5.88 Å². The second-order valence-corrected chi connectivity index (χ2v) is 14.6. The van der Waals surface area contributed by atoms with Gasteiger partial charge in [-0.3, -0.25) is 4.57 Å². The van der Waals surface area contributed by atoms with E-state index in [1.54, 1.807) is 0 Å². The van der Waals surface area contributed by atoms with Crippen molar-refractivity contribution < 1.29 is 9.15 Å². The number of nitrogens with zero attached hydrogens (tertiary/aromatic N) is 2. The van der Waals surface area contributed by atoms with Gasteiger partial charge in [0.1, 0.15) is 22.9 Å². The molecular weight excluding hydrogens is 645 g/mol. The molecule has 1 atom stereocenters. The zero-order valence-corrected chi connectivity index (χ0v) is 31.5. The number of fused-ring (bicyclic) bond motifs is 4. The normalized spacial score (nSPS) is 17.1. The van der Waals surface area contributed by atoms with Crippen LogP contribution in [0.25, 0.3) is 46.3 Å². The molecule has 2 aliphatic rings. The number of allylic oxidation sites excluding steroid dienone is 10. The summed E-state index contributed by atoms with van der Waals surface area (Å²) in [5.41, 5.74) is 10.6. The Morgan fingerprint density at radius 1 is 1.00 bits per heavy atom. The summed E-state index contributed by atoms with van der Waals surface area (Å²) in [6.45, 7) is 15.0. The minimum Gasteiger partial charge on any atom is -0.460 e. The topological polar surface area (TPSA) is 40.2 Å². The van der Waals surface area contributed by atoms with E-state index in [1.165, 1.54) is 53.5 Å². The molecule has 51 heavy (non-hydrogen) atoms. The average molecular weight is 691 g/mol. The third kappa shape index (κ3) is 6.59. The summed E-state index contributed by atoms with van der Waals surface area (Å²) in [5, 5.41) is 2.45. The van der Waals surface area contributed by atoms with Gasteiger partial charge in [0, 0.05) is 27.1 Å². The van der Waals surface area contributed by atoms with Gasteiger partial charge in [0.25, 0.3) is 0 Å². The van der Waals surface area contributed by atoms with E-state index < -0.39 is 0 Å². The quantitative estimate of drug-likeness (QED) is 0.145. The molecule has 0 radical (unpaired) electrons. The fourth-order valence-electron chi connectivity index (χ4n) is 7.29. The number of benzene rings is 2. The van der Waals surface area contributed by atoms with E-state index in [0.717, 1.165) is 59.3 Å². The van der Waals surface area contributed by atoms with Crippen LogP contribution in [0.4, 0.5) is 0 Å². The molecule has 2 aromatic carbocycles. The molecule has 1 aliphatic heterocycles. The lowest BCUT2D eigenvalue weighted by atomic mass is 9.92. The smallest absolute Gasteiger partial charge is 0.241 e. The van der Waals surface area contributed by atoms with E-state index in [-0.39, 0.29) is 5.92 Å². The minimum absolute atomic E-state index is 0.132. The van der Waals surface area contributed by atoms with Crippen LogP contribution in [0, 0.1) is 20.8 Å². The summed E-state index contributed by atoms with van der Waals surface area (Å²) >= 11 is 1.85. The molecule has 0 spiro atoms. The van der Waals surface area contributed by atoms with E-state index >= 15 is 0 Å². The summed E-state index contributed by atoms with van der Waals surface area (Å²) in [6.07, 6.45) is 24.7. The van der Waals surface area contributed by atoms with E-state index in [9.17, 15) is 0 Å². The summed E-state index contributed by atoms with van der Waals surface area (Å²) in [5.74, 6) is 3.73. The van der Waals surface area contributed by atoms with Gasteiger partial charge >= 0.3 is 0 Å². The van der Waals surface area contributed by atoms with Crippen LogP contribution in [0.3, 0.4) is 0 Å². The van der Waals surface area contributed by atoms with Crippen molar-refractivity contribution in [1.29, 1.82) is 0 Å². The fourth-order valence-corrected chi connectivity index (χ4v) is 8.56. The van der Waals surface area contributed by atoms with Gasteiger partial charge in [-0.25, -0.2) is 0 Å². The van der Waals surface area contributed by atoms with Crippen molar-refractivity contribution in [1.82, 2.24) is 9.55 Å². The van der Waals surface area contributed by atoms with Crippen LogP contribution in [-0.2, 0) is 0 Å². The molecule has 0 amide bonds. The zero-order valence-electron chi connectivity index (χ0n) is 30.7. The van der Waals surface area contributed by atoms with Crippen LogP contribution in [0.15, 0.2) is 112 Å². The summed E-state index contributed by atoms with van der Waals surface area (Å²) in [7, 11) is 0. The fraction of sp³-hybridized carbons (Fsp3) is 0.239. The molecule has 5 heteroatoms. The van der Waals surface area contributed by atoms with Gasteiger partial charge in [-0.1, -0.05) is 103 Å². The Balaban J connectivity index is 1.25. The van der Waals surface area contributed by atoms with Crippen molar-refractivity contribution in [2.45, 2.75) is 73.6 Å². The van der Waals surface area contributed by atoms with Crippen LogP contribution in [0.1, 0.15) is 85.9 Å². The Morgan fingerprint density at radius 2 is 1.82 bits per heavy atom. The van der Waals surface area contributed by atoms with Gasteiger partial charge in [-0.15, -0.1) is 11.3 Å². The molecular formula is C46H46N2O2S. The standard InChI is InChI=1S/C46H46N2O2S/c1-8-10-11-13-20-34-25-26-38-40(28-34)50-46-42(38)48(45(47-46)35-21-14-12-15-22-35)32(6)44-36(9-2)31(5)41(51-44)24-16-18-29(3)27-39-33(7)49-43-30(4)19-17-23-37(39)43/h8-17,19,21-25,27-28,38H,18,20,26H2,1-7H3/b10-8-,13-11-,24-16-,29-27+,36-9-,44-32-. The molecule has 3 aromatic heterocycles. The Kier molecular flexibility index (Phi) is 9.84. The maximum Gasteiger partial charge on any atom is 0.241 e. The van der Waals surface area contributed by atoms with Gasteiger partial charge < -0.3 is 9.15 Å². The lowest BCUT2D eigenvalue weighted by Gasteiger charge is -2.19.